The number of fused-ring (bicyclic) bond motifs is 3. The second kappa shape index (κ2) is 8.96. The smallest absolute Gasteiger partial charge is 0.295 e. The van der Waals surface area contributed by atoms with Crippen LogP contribution in [-0.4, -0.2) is 51.5 Å². The second-order valence-electron chi connectivity index (χ2n) is 9.37. The molecule has 34 heavy (non-hydrogen) atoms. The van der Waals surface area contributed by atoms with Crippen LogP contribution in [0.4, 0.5) is 23.1 Å². The van der Waals surface area contributed by atoms with Crippen LogP contribution in [0.1, 0.15) is 26.7 Å². The first-order chi connectivity index (χ1) is 16.3. The van der Waals surface area contributed by atoms with Gasteiger partial charge in [0.15, 0.2) is 5.82 Å². The van der Waals surface area contributed by atoms with Crippen molar-refractivity contribution in [1.82, 2.24) is 14.5 Å². The van der Waals surface area contributed by atoms with Crippen molar-refractivity contribution < 1.29 is 9.84 Å². The lowest BCUT2D eigenvalue weighted by Crippen LogP contribution is -2.43. The topological polar surface area (TPSA) is 105 Å². The predicted octanol–water partition coefficient (Wildman–Crippen LogP) is 3.52. The molecule has 3 aromatic rings. The Morgan fingerprint density at radius 2 is 2.12 bits per heavy atom. The third-order valence-electron chi connectivity index (χ3n) is 6.46. The van der Waals surface area contributed by atoms with Gasteiger partial charge in [0.1, 0.15) is 5.02 Å². The van der Waals surface area contributed by atoms with Crippen LogP contribution in [0.5, 0.6) is 5.75 Å². The number of β-amino-alcohol motifs (C(OH)–C–C–N with tert-alkyl or cyclic N) is 1. The van der Waals surface area contributed by atoms with Crippen LogP contribution in [0.2, 0.25) is 5.02 Å². The molecule has 0 bridgehead atoms. The van der Waals surface area contributed by atoms with E-state index in [1.807, 2.05) is 23.1 Å². The first-order valence-corrected chi connectivity index (χ1v) is 12.0. The molecule has 1 aromatic carbocycles. The number of aromatic nitrogens is 3. The van der Waals surface area contributed by atoms with Crippen LogP contribution in [0, 0.1) is 5.92 Å². The third kappa shape index (κ3) is 4.25. The Morgan fingerprint density at radius 1 is 1.29 bits per heavy atom. The summed E-state index contributed by atoms with van der Waals surface area (Å²) in [5.41, 5.74) is 2.11. The van der Waals surface area contributed by atoms with Gasteiger partial charge in [0.05, 0.1) is 30.1 Å². The maximum absolute atomic E-state index is 12.9. The molecule has 0 unspecified atom stereocenters. The summed E-state index contributed by atoms with van der Waals surface area (Å²) in [7, 11) is 1.75. The highest BCUT2D eigenvalue weighted by atomic mass is 35.5. The van der Waals surface area contributed by atoms with E-state index in [0.717, 1.165) is 36.0 Å². The maximum Gasteiger partial charge on any atom is 0.295 e. The van der Waals surface area contributed by atoms with E-state index in [9.17, 15) is 9.90 Å². The lowest BCUT2D eigenvalue weighted by Gasteiger charge is -2.34. The number of anilines is 4. The minimum absolute atomic E-state index is 0.161. The summed E-state index contributed by atoms with van der Waals surface area (Å²) in [4.78, 5) is 23.9. The summed E-state index contributed by atoms with van der Waals surface area (Å²) in [6.45, 7) is 5.94. The molecule has 5 rings (SSSR count). The van der Waals surface area contributed by atoms with Crippen molar-refractivity contribution in [2.24, 2.45) is 13.0 Å². The summed E-state index contributed by atoms with van der Waals surface area (Å²) in [5.74, 6) is 1.70. The van der Waals surface area contributed by atoms with Gasteiger partial charge in [-0.2, -0.15) is 4.98 Å². The summed E-state index contributed by atoms with van der Waals surface area (Å²) >= 11 is 6.43. The Kier molecular flexibility index (Phi) is 5.99. The van der Waals surface area contributed by atoms with Gasteiger partial charge in [-0.15, -0.1) is 0 Å². The average molecular weight is 485 g/mol. The highest BCUT2D eigenvalue weighted by Gasteiger charge is 2.26. The molecule has 0 saturated carbocycles. The molecule has 1 saturated heterocycles. The number of piperidine rings is 1. The number of pyridine rings is 1. The molecule has 3 atom stereocenters. The molecule has 180 valence electrons. The fourth-order valence-corrected chi connectivity index (χ4v) is 4.89. The predicted molar refractivity (Wildman–Crippen MR) is 135 cm³/mol. The van der Waals surface area contributed by atoms with Crippen molar-refractivity contribution in [2.45, 2.75) is 38.8 Å². The van der Waals surface area contributed by atoms with Crippen LogP contribution < -0.4 is 25.8 Å². The molecule has 10 heteroatoms. The zero-order valence-electron chi connectivity index (χ0n) is 19.5. The quantitative estimate of drug-likeness (QED) is 0.518. The fourth-order valence-electron chi connectivity index (χ4n) is 4.75. The van der Waals surface area contributed by atoms with Crippen LogP contribution in [0.15, 0.2) is 29.2 Å². The lowest BCUT2D eigenvalue weighted by atomic mass is 9.98. The van der Waals surface area contributed by atoms with Crippen molar-refractivity contribution in [3.05, 3.63) is 39.8 Å². The van der Waals surface area contributed by atoms with E-state index in [1.54, 1.807) is 17.8 Å². The van der Waals surface area contributed by atoms with Gasteiger partial charge in [0, 0.05) is 43.7 Å². The van der Waals surface area contributed by atoms with E-state index in [4.69, 9.17) is 16.3 Å². The lowest BCUT2D eigenvalue weighted by molar-refractivity contribution is 0.132. The van der Waals surface area contributed by atoms with Gasteiger partial charge in [-0.25, -0.2) is 4.98 Å². The molecule has 3 N–H and O–H groups in total. The number of rotatable bonds is 3. The number of nitrogens with zero attached hydrogens (tertiary/aromatic N) is 4. The molecule has 4 heterocycles. The Hall–Kier alpha value is -3.04. The van der Waals surface area contributed by atoms with Gasteiger partial charge in [-0.3, -0.25) is 4.79 Å². The van der Waals surface area contributed by atoms with E-state index >= 15 is 0 Å². The van der Waals surface area contributed by atoms with E-state index in [1.165, 1.54) is 0 Å². The van der Waals surface area contributed by atoms with Crippen molar-refractivity contribution in [1.29, 1.82) is 0 Å². The Labute approximate surface area is 202 Å². The zero-order chi connectivity index (χ0) is 24.0. The normalized spacial score (nSPS) is 22.5. The zero-order valence-corrected chi connectivity index (χ0v) is 20.3. The molecule has 2 aromatic heterocycles. The van der Waals surface area contributed by atoms with E-state index in [-0.39, 0.29) is 11.6 Å². The van der Waals surface area contributed by atoms with Crippen molar-refractivity contribution in [3.63, 3.8) is 0 Å². The highest BCUT2D eigenvalue weighted by Crippen LogP contribution is 2.35. The first-order valence-electron chi connectivity index (χ1n) is 11.6. The van der Waals surface area contributed by atoms with Crippen LogP contribution in [-0.2, 0) is 7.05 Å². The number of aryl methyl sites for hydroxylation is 1. The third-order valence-corrected chi connectivity index (χ3v) is 6.73. The molecule has 0 amide bonds. The molecule has 0 spiro atoms. The Bertz CT molecular complexity index is 1290. The Morgan fingerprint density at radius 3 is 2.91 bits per heavy atom. The standard InChI is InChI=1S/C24H29ClN6O3/c1-13-8-16(32)12-31(11-13)24-26-10-18(25)22(29-24)28-15-4-5-19-17(9-15)20-21(23(33)30(19)3)34-7-6-14(2)27-20/h4-5,9-10,13-14,16,27,32H,6-8,11-12H2,1-3H3,(H,26,28,29)/t13-,14-,16+/m0/s1. The molecule has 2 aliphatic heterocycles. The number of nitrogens with one attached hydrogen (secondary N) is 2. The van der Waals surface area contributed by atoms with Crippen molar-refractivity contribution in [3.8, 4) is 5.75 Å². The molecule has 1 fully saturated rings. The van der Waals surface area contributed by atoms with Gasteiger partial charge >= 0.3 is 0 Å². The van der Waals surface area contributed by atoms with Crippen LogP contribution in [0.25, 0.3) is 10.9 Å². The van der Waals surface area contributed by atoms with Gasteiger partial charge in [-0.05, 0) is 37.5 Å². The number of benzene rings is 1. The SMILES string of the molecule is C[C@H]1C[C@@H](O)CN(c2ncc(Cl)c(Nc3ccc4c(c3)c3c(c(=O)n4C)OCC[C@H](C)N3)n2)C1. The monoisotopic (exact) mass is 484 g/mol. The molecular formula is C24H29ClN6O3. The van der Waals surface area contributed by atoms with Crippen molar-refractivity contribution in [2.75, 3.05) is 35.2 Å². The van der Waals surface area contributed by atoms with Crippen LogP contribution in [0.3, 0.4) is 0 Å². The molecular weight excluding hydrogens is 456 g/mol. The average Bonchev–Trinajstić information content (AvgIpc) is 3.00. The fraction of sp³-hybridized carbons (Fsp3) is 0.458. The van der Waals surface area contributed by atoms with Gasteiger partial charge in [0.2, 0.25) is 11.7 Å². The number of hydrogen-bond acceptors (Lipinski definition) is 8. The summed E-state index contributed by atoms with van der Waals surface area (Å²) in [5, 5.41) is 18.2. The van der Waals surface area contributed by atoms with E-state index in [0.29, 0.717) is 47.3 Å². The number of ether oxygens (including phenoxy) is 1. The molecule has 0 radical (unpaired) electrons. The second-order valence-corrected chi connectivity index (χ2v) is 9.78. The maximum atomic E-state index is 12.9. The number of aliphatic hydroxyl groups excluding tert-OH is 1. The van der Waals surface area contributed by atoms with E-state index < -0.39 is 6.10 Å². The molecule has 2 aliphatic rings. The summed E-state index contributed by atoms with van der Waals surface area (Å²) < 4.78 is 7.44. The summed E-state index contributed by atoms with van der Waals surface area (Å²) in [6.07, 6.45) is 2.75. The van der Waals surface area contributed by atoms with Gasteiger partial charge < -0.3 is 29.9 Å². The minimum Gasteiger partial charge on any atom is -0.486 e. The number of aliphatic hydroxyl groups is 1. The van der Waals surface area contributed by atoms with Gasteiger partial charge in [0.25, 0.3) is 5.56 Å². The first kappa shape index (κ1) is 22.7. The largest absolute Gasteiger partial charge is 0.486 e. The number of halogens is 1. The number of hydrogen-bond donors (Lipinski definition) is 3. The van der Waals surface area contributed by atoms with Crippen LogP contribution >= 0.6 is 11.6 Å². The minimum atomic E-state index is -0.404. The summed E-state index contributed by atoms with van der Waals surface area (Å²) in [6, 6.07) is 5.93. The van der Waals surface area contributed by atoms with E-state index in [2.05, 4.69) is 34.4 Å². The molecule has 0 aliphatic carbocycles. The van der Waals surface area contributed by atoms with Crippen molar-refractivity contribution >= 4 is 45.6 Å². The highest BCUT2D eigenvalue weighted by molar-refractivity contribution is 6.32. The van der Waals surface area contributed by atoms with Gasteiger partial charge in [-0.1, -0.05) is 18.5 Å². The Balaban J connectivity index is 1.52. The molecule has 9 nitrogen and oxygen atoms in total.